The van der Waals surface area contributed by atoms with Gasteiger partial charge in [-0.05, 0) is 31.2 Å². The molecule has 7 heteroatoms. The minimum absolute atomic E-state index is 0.158. The molecule has 0 saturated carbocycles. The first kappa shape index (κ1) is 13.2. The van der Waals surface area contributed by atoms with Crippen LogP contribution in [0.15, 0.2) is 34.7 Å². The van der Waals surface area contributed by atoms with Gasteiger partial charge in [-0.25, -0.2) is 8.42 Å². The second-order valence-electron chi connectivity index (χ2n) is 4.48. The van der Waals surface area contributed by atoms with Crippen molar-refractivity contribution in [2.75, 3.05) is 6.54 Å². The fourth-order valence-electron chi connectivity index (χ4n) is 2.44. The zero-order valence-corrected chi connectivity index (χ0v) is 12.7. The molecular formula is C12H13ClN2O2S2. The molecule has 2 aromatic rings. The van der Waals surface area contributed by atoms with Gasteiger partial charge < -0.3 is 4.57 Å². The predicted molar refractivity (Wildman–Crippen MR) is 76.1 cm³/mol. The van der Waals surface area contributed by atoms with Gasteiger partial charge in [0.15, 0.2) is 0 Å². The number of rotatable bonds is 2. The van der Waals surface area contributed by atoms with Crippen molar-refractivity contribution >= 4 is 33.0 Å². The lowest BCUT2D eigenvalue weighted by Crippen LogP contribution is -2.40. The van der Waals surface area contributed by atoms with Crippen LogP contribution in [0.2, 0.25) is 4.34 Å². The number of hydrogen-bond donors (Lipinski definition) is 0. The normalized spacial score (nSPS) is 20.4. The zero-order valence-electron chi connectivity index (χ0n) is 10.3. The van der Waals surface area contributed by atoms with Crippen LogP contribution in [0.25, 0.3) is 0 Å². The topological polar surface area (TPSA) is 42.3 Å². The highest BCUT2D eigenvalue weighted by molar-refractivity contribution is 7.91. The number of nitrogens with zero attached hydrogens (tertiary/aromatic N) is 2. The van der Waals surface area contributed by atoms with Crippen LogP contribution in [-0.2, 0) is 16.6 Å². The third-order valence-corrected chi connectivity index (χ3v) is 7.07. The van der Waals surface area contributed by atoms with Crippen molar-refractivity contribution in [3.05, 3.63) is 40.5 Å². The van der Waals surface area contributed by atoms with Gasteiger partial charge >= 0.3 is 0 Å². The van der Waals surface area contributed by atoms with Gasteiger partial charge in [-0.1, -0.05) is 11.6 Å². The molecule has 0 aromatic carbocycles. The van der Waals surface area contributed by atoms with Crippen molar-refractivity contribution in [2.24, 2.45) is 0 Å². The standard InChI is InChI=1S/C12H13ClN2O2S2/c1-9-10-3-2-6-14(10)7-8-15(9)19(16,17)12-5-4-11(13)18-12/h2-6,9H,7-8H2,1H3/t9-/m1/s1. The van der Waals surface area contributed by atoms with E-state index < -0.39 is 10.0 Å². The average molecular weight is 317 g/mol. The number of halogens is 1. The predicted octanol–water partition coefficient (Wildman–Crippen LogP) is 2.97. The number of hydrogen-bond acceptors (Lipinski definition) is 3. The summed E-state index contributed by atoms with van der Waals surface area (Å²) in [5.74, 6) is 0. The summed E-state index contributed by atoms with van der Waals surface area (Å²) in [5.41, 5.74) is 1.03. The van der Waals surface area contributed by atoms with E-state index in [1.165, 1.54) is 0 Å². The van der Waals surface area contributed by atoms with Crippen molar-refractivity contribution in [2.45, 2.75) is 23.7 Å². The van der Waals surface area contributed by atoms with Crippen molar-refractivity contribution < 1.29 is 8.42 Å². The van der Waals surface area contributed by atoms with E-state index in [0.29, 0.717) is 21.6 Å². The summed E-state index contributed by atoms with van der Waals surface area (Å²) >= 11 is 6.94. The monoisotopic (exact) mass is 316 g/mol. The molecule has 0 fully saturated rings. The Balaban J connectivity index is 2.00. The van der Waals surface area contributed by atoms with Gasteiger partial charge in [-0.15, -0.1) is 11.3 Å². The molecule has 19 heavy (non-hydrogen) atoms. The molecule has 0 amide bonds. The molecule has 0 spiro atoms. The summed E-state index contributed by atoms with van der Waals surface area (Å²) in [5, 5.41) is 0. The Morgan fingerprint density at radius 1 is 1.32 bits per heavy atom. The van der Waals surface area contributed by atoms with Gasteiger partial charge in [-0.2, -0.15) is 4.31 Å². The van der Waals surface area contributed by atoms with Gasteiger partial charge in [0.1, 0.15) is 4.21 Å². The molecule has 1 aliphatic rings. The first-order valence-corrected chi connectivity index (χ1v) is 8.56. The quantitative estimate of drug-likeness (QED) is 0.855. The lowest BCUT2D eigenvalue weighted by molar-refractivity contribution is 0.283. The third-order valence-electron chi connectivity index (χ3n) is 3.40. The van der Waals surface area contributed by atoms with Crippen LogP contribution in [0, 0.1) is 0 Å². The van der Waals surface area contributed by atoms with Crippen molar-refractivity contribution in [3.8, 4) is 0 Å². The molecule has 3 rings (SSSR count). The molecule has 0 radical (unpaired) electrons. The smallest absolute Gasteiger partial charge is 0.253 e. The Labute approximate surface area is 121 Å². The first-order chi connectivity index (χ1) is 9.00. The summed E-state index contributed by atoms with van der Waals surface area (Å²) in [6, 6.07) is 6.95. The highest BCUT2D eigenvalue weighted by atomic mass is 35.5. The van der Waals surface area contributed by atoms with E-state index in [1.54, 1.807) is 16.4 Å². The summed E-state index contributed by atoms with van der Waals surface area (Å²) in [6.07, 6.45) is 1.98. The summed E-state index contributed by atoms with van der Waals surface area (Å²) in [7, 11) is -3.46. The zero-order chi connectivity index (χ0) is 13.6. The van der Waals surface area contributed by atoms with E-state index in [1.807, 2.05) is 25.3 Å². The third kappa shape index (κ3) is 2.12. The first-order valence-electron chi connectivity index (χ1n) is 5.92. The van der Waals surface area contributed by atoms with Gasteiger partial charge in [0.05, 0.1) is 10.4 Å². The molecule has 0 N–H and O–H groups in total. The molecule has 1 atom stereocenters. The van der Waals surface area contributed by atoms with Crippen molar-refractivity contribution in [3.63, 3.8) is 0 Å². The van der Waals surface area contributed by atoms with E-state index in [-0.39, 0.29) is 6.04 Å². The highest BCUT2D eigenvalue weighted by Crippen LogP contribution is 2.34. The molecule has 2 aromatic heterocycles. The minimum atomic E-state index is -3.46. The Morgan fingerprint density at radius 3 is 2.79 bits per heavy atom. The molecule has 0 unspecified atom stereocenters. The second kappa shape index (κ2) is 4.63. The number of aromatic nitrogens is 1. The second-order valence-corrected chi connectivity index (χ2v) is 8.31. The average Bonchev–Trinajstić information content (AvgIpc) is 2.97. The lowest BCUT2D eigenvalue weighted by atomic mass is 10.2. The fraction of sp³-hybridized carbons (Fsp3) is 0.333. The molecule has 102 valence electrons. The van der Waals surface area contributed by atoms with Crippen LogP contribution in [-0.4, -0.2) is 23.8 Å². The van der Waals surface area contributed by atoms with E-state index in [4.69, 9.17) is 11.6 Å². The molecule has 4 nitrogen and oxygen atoms in total. The van der Waals surface area contributed by atoms with Gasteiger partial charge in [0.2, 0.25) is 0 Å². The van der Waals surface area contributed by atoms with Crippen LogP contribution in [0.3, 0.4) is 0 Å². The Bertz CT molecular complexity index is 705. The molecular weight excluding hydrogens is 304 g/mol. The molecule has 1 aliphatic heterocycles. The number of sulfonamides is 1. The van der Waals surface area contributed by atoms with Gasteiger partial charge in [-0.3, -0.25) is 0 Å². The molecule has 0 bridgehead atoms. The molecule has 0 aliphatic carbocycles. The maximum absolute atomic E-state index is 12.6. The summed E-state index contributed by atoms with van der Waals surface area (Å²) in [6.45, 7) is 3.09. The van der Waals surface area contributed by atoms with Crippen LogP contribution in [0.1, 0.15) is 18.7 Å². The van der Waals surface area contributed by atoms with E-state index in [0.717, 1.165) is 17.0 Å². The van der Waals surface area contributed by atoms with Crippen LogP contribution < -0.4 is 0 Å². The molecule has 0 saturated heterocycles. The van der Waals surface area contributed by atoms with Crippen LogP contribution >= 0.6 is 22.9 Å². The van der Waals surface area contributed by atoms with Gasteiger partial charge in [0, 0.05) is 25.0 Å². The Hall–Kier alpha value is -0.820. The van der Waals surface area contributed by atoms with Crippen LogP contribution in [0.5, 0.6) is 0 Å². The van der Waals surface area contributed by atoms with Crippen molar-refractivity contribution in [1.29, 1.82) is 0 Å². The number of fused-ring (bicyclic) bond motifs is 1. The number of thiophene rings is 1. The molecule has 3 heterocycles. The van der Waals surface area contributed by atoms with Crippen molar-refractivity contribution in [1.82, 2.24) is 8.87 Å². The summed E-state index contributed by atoms with van der Waals surface area (Å²) in [4.78, 5) is 0. The largest absolute Gasteiger partial charge is 0.349 e. The maximum atomic E-state index is 12.6. The maximum Gasteiger partial charge on any atom is 0.253 e. The van der Waals surface area contributed by atoms with E-state index >= 15 is 0 Å². The summed E-state index contributed by atoms with van der Waals surface area (Å²) < 4.78 is 29.7. The highest BCUT2D eigenvalue weighted by Gasteiger charge is 2.34. The fourth-order valence-corrected chi connectivity index (χ4v) is 5.65. The minimum Gasteiger partial charge on any atom is -0.349 e. The van der Waals surface area contributed by atoms with E-state index in [2.05, 4.69) is 4.57 Å². The van der Waals surface area contributed by atoms with Gasteiger partial charge in [0.25, 0.3) is 10.0 Å². The van der Waals surface area contributed by atoms with Crippen LogP contribution in [0.4, 0.5) is 0 Å². The lowest BCUT2D eigenvalue weighted by Gasteiger charge is -2.33. The van der Waals surface area contributed by atoms with E-state index in [9.17, 15) is 8.42 Å². The SMILES string of the molecule is C[C@@H]1c2cccn2CCN1S(=O)(=O)c1ccc(Cl)s1. The Kier molecular flexibility index (Phi) is 3.21. The Morgan fingerprint density at radius 2 is 2.11 bits per heavy atom.